The Labute approximate surface area is 112 Å². The van der Waals surface area contributed by atoms with Crippen molar-refractivity contribution >= 4 is 23.5 Å². The number of hydrogen-bond acceptors (Lipinski definition) is 6. The number of ether oxygens (including phenoxy) is 1. The second-order valence-electron chi connectivity index (χ2n) is 3.73. The van der Waals surface area contributed by atoms with E-state index in [1.165, 1.54) is 6.20 Å². The summed E-state index contributed by atoms with van der Waals surface area (Å²) in [6.07, 6.45) is 3.53. The van der Waals surface area contributed by atoms with Gasteiger partial charge in [-0.1, -0.05) is 25.6 Å². The van der Waals surface area contributed by atoms with Crippen LogP contribution in [0.4, 0.5) is 5.82 Å². The minimum Gasteiger partial charge on any atom is -0.462 e. The molecular formula is C12H19N3O2S. The first-order chi connectivity index (χ1) is 8.62. The summed E-state index contributed by atoms with van der Waals surface area (Å²) in [7, 11) is 0. The number of thioether (sulfide) groups is 1. The molecule has 18 heavy (non-hydrogen) atoms. The van der Waals surface area contributed by atoms with Gasteiger partial charge in [-0.2, -0.15) is 0 Å². The maximum Gasteiger partial charge on any atom is 0.343 e. The first kappa shape index (κ1) is 14.8. The largest absolute Gasteiger partial charge is 0.462 e. The highest BCUT2D eigenvalue weighted by Gasteiger charge is 2.15. The number of nitrogen functional groups attached to an aromatic ring is 1. The van der Waals surface area contributed by atoms with E-state index in [9.17, 15) is 4.79 Å². The molecule has 0 saturated heterocycles. The van der Waals surface area contributed by atoms with E-state index < -0.39 is 5.97 Å². The highest BCUT2D eigenvalue weighted by molar-refractivity contribution is 7.99. The average Bonchev–Trinajstić information content (AvgIpc) is 2.36. The third-order valence-corrected chi connectivity index (χ3v) is 3.88. The van der Waals surface area contributed by atoms with Crippen molar-refractivity contribution < 1.29 is 9.53 Å². The van der Waals surface area contributed by atoms with Gasteiger partial charge in [-0.15, -0.1) is 0 Å². The SMILES string of the molecule is CCOC(=O)c1cnc(SC(CC)CC)nc1N. The van der Waals surface area contributed by atoms with Crippen LogP contribution in [0.1, 0.15) is 44.0 Å². The normalized spacial score (nSPS) is 10.7. The molecule has 0 fully saturated rings. The molecule has 0 bridgehead atoms. The van der Waals surface area contributed by atoms with Crippen LogP contribution in [0.25, 0.3) is 0 Å². The Hall–Kier alpha value is -1.30. The topological polar surface area (TPSA) is 78.1 Å². The molecule has 0 atom stereocenters. The zero-order valence-electron chi connectivity index (χ0n) is 11.0. The van der Waals surface area contributed by atoms with Crippen molar-refractivity contribution in [2.45, 2.75) is 44.0 Å². The van der Waals surface area contributed by atoms with E-state index in [-0.39, 0.29) is 11.4 Å². The van der Waals surface area contributed by atoms with Crippen LogP contribution in [-0.4, -0.2) is 27.8 Å². The Kier molecular flexibility index (Phi) is 5.91. The number of esters is 1. The molecule has 0 amide bonds. The third kappa shape index (κ3) is 3.87. The fourth-order valence-electron chi connectivity index (χ4n) is 1.41. The molecule has 0 aliphatic carbocycles. The number of rotatable bonds is 6. The zero-order chi connectivity index (χ0) is 13.5. The molecule has 0 spiro atoms. The minimum atomic E-state index is -0.478. The molecule has 0 aromatic carbocycles. The Morgan fingerprint density at radius 1 is 1.44 bits per heavy atom. The van der Waals surface area contributed by atoms with Crippen molar-refractivity contribution in [2.75, 3.05) is 12.3 Å². The molecule has 5 nitrogen and oxygen atoms in total. The maximum absolute atomic E-state index is 11.5. The smallest absolute Gasteiger partial charge is 0.343 e. The van der Waals surface area contributed by atoms with Gasteiger partial charge in [-0.05, 0) is 19.8 Å². The van der Waals surface area contributed by atoms with E-state index in [4.69, 9.17) is 10.5 Å². The number of carbonyl (C=O) groups is 1. The summed E-state index contributed by atoms with van der Waals surface area (Å²) in [5.74, 6) is -0.300. The summed E-state index contributed by atoms with van der Waals surface area (Å²) in [4.78, 5) is 19.8. The van der Waals surface area contributed by atoms with Gasteiger partial charge in [-0.3, -0.25) is 0 Å². The molecule has 1 rings (SSSR count). The van der Waals surface area contributed by atoms with Gasteiger partial charge in [0.1, 0.15) is 11.4 Å². The quantitative estimate of drug-likeness (QED) is 0.485. The van der Waals surface area contributed by atoms with Crippen LogP contribution in [0.2, 0.25) is 0 Å². The number of aromatic nitrogens is 2. The number of nitrogens with zero attached hydrogens (tertiary/aromatic N) is 2. The van der Waals surface area contributed by atoms with Crippen molar-refractivity contribution in [3.8, 4) is 0 Å². The number of anilines is 1. The standard InChI is InChI=1S/C12H19N3O2S/c1-4-8(5-2)18-12-14-7-9(10(13)15-12)11(16)17-6-3/h7-8H,4-6H2,1-3H3,(H2,13,14,15). The number of nitrogens with two attached hydrogens (primary N) is 1. The van der Waals surface area contributed by atoms with Gasteiger partial charge in [0.25, 0.3) is 0 Å². The van der Waals surface area contributed by atoms with Gasteiger partial charge in [-0.25, -0.2) is 14.8 Å². The van der Waals surface area contributed by atoms with Gasteiger partial charge >= 0.3 is 5.97 Å². The van der Waals surface area contributed by atoms with Crippen LogP contribution < -0.4 is 5.73 Å². The van der Waals surface area contributed by atoms with E-state index in [2.05, 4.69) is 23.8 Å². The second kappa shape index (κ2) is 7.20. The van der Waals surface area contributed by atoms with Crippen LogP contribution in [0.3, 0.4) is 0 Å². The van der Waals surface area contributed by atoms with Crippen LogP contribution in [0.5, 0.6) is 0 Å². The minimum absolute atomic E-state index is 0.178. The zero-order valence-corrected chi connectivity index (χ0v) is 11.8. The van der Waals surface area contributed by atoms with Gasteiger partial charge in [0.2, 0.25) is 0 Å². The molecular weight excluding hydrogens is 250 g/mol. The molecule has 0 radical (unpaired) electrons. The third-order valence-electron chi connectivity index (χ3n) is 2.47. The molecule has 1 heterocycles. The fourth-order valence-corrected chi connectivity index (χ4v) is 2.30. The van der Waals surface area contributed by atoms with Crippen LogP contribution in [0, 0.1) is 0 Å². The Bertz CT molecular complexity index is 408. The highest BCUT2D eigenvalue weighted by Crippen LogP contribution is 2.25. The number of hydrogen-bond donors (Lipinski definition) is 1. The van der Waals surface area contributed by atoms with Gasteiger partial charge in [0.05, 0.1) is 6.61 Å². The van der Waals surface area contributed by atoms with Crippen molar-refractivity contribution in [1.82, 2.24) is 9.97 Å². The van der Waals surface area contributed by atoms with Gasteiger partial charge in [0, 0.05) is 11.4 Å². The molecule has 1 aromatic heterocycles. The van der Waals surface area contributed by atoms with E-state index >= 15 is 0 Å². The van der Waals surface area contributed by atoms with E-state index in [1.54, 1.807) is 18.7 Å². The summed E-state index contributed by atoms with van der Waals surface area (Å²) in [6.45, 7) is 6.30. The maximum atomic E-state index is 11.5. The highest BCUT2D eigenvalue weighted by atomic mass is 32.2. The lowest BCUT2D eigenvalue weighted by molar-refractivity contribution is 0.0526. The Balaban J connectivity index is 2.82. The van der Waals surface area contributed by atoms with Gasteiger partial charge < -0.3 is 10.5 Å². The first-order valence-corrected chi connectivity index (χ1v) is 6.96. The number of carbonyl (C=O) groups excluding carboxylic acids is 1. The summed E-state index contributed by atoms with van der Waals surface area (Å²) < 4.78 is 4.87. The van der Waals surface area contributed by atoms with E-state index in [1.807, 2.05) is 0 Å². The van der Waals surface area contributed by atoms with Crippen molar-refractivity contribution in [2.24, 2.45) is 0 Å². The Morgan fingerprint density at radius 3 is 2.61 bits per heavy atom. The average molecular weight is 269 g/mol. The summed E-state index contributed by atoms with van der Waals surface area (Å²) in [6, 6.07) is 0. The molecule has 0 aliphatic heterocycles. The van der Waals surface area contributed by atoms with Crippen LogP contribution in [0.15, 0.2) is 11.4 Å². The summed E-state index contributed by atoms with van der Waals surface area (Å²) >= 11 is 1.58. The lowest BCUT2D eigenvalue weighted by Crippen LogP contribution is -2.11. The lowest BCUT2D eigenvalue weighted by Gasteiger charge is -2.11. The molecule has 0 saturated carbocycles. The van der Waals surface area contributed by atoms with Crippen LogP contribution >= 0.6 is 11.8 Å². The molecule has 6 heteroatoms. The molecule has 1 aromatic rings. The second-order valence-corrected chi connectivity index (χ2v) is 5.00. The summed E-state index contributed by atoms with van der Waals surface area (Å²) in [5.41, 5.74) is 5.97. The predicted octanol–water partition coefficient (Wildman–Crippen LogP) is 2.52. The molecule has 100 valence electrons. The molecule has 0 unspecified atom stereocenters. The van der Waals surface area contributed by atoms with Crippen molar-refractivity contribution in [3.05, 3.63) is 11.8 Å². The fraction of sp³-hybridized carbons (Fsp3) is 0.583. The van der Waals surface area contributed by atoms with Crippen LogP contribution in [-0.2, 0) is 4.74 Å². The summed E-state index contributed by atoms with van der Waals surface area (Å²) in [5, 5.41) is 1.08. The molecule has 0 aliphatic rings. The predicted molar refractivity (Wildman–Crippen MR) is 72.6 cm³/mol. The van der Waals surface area contributed by atoms with Gasteiger partial charge in [0.15, 0.2) is 5.16 Å². The van der Waals surface area contributed by atoms with Crippen molar-refractivity contribution in [1.29, 1.82) is 0 Å². The lowest BCUT2D eigenvalue weighted by atomic mass is 10.3. The van der Waals surface area contributed by atoms with E-state index in [0.717, 1.165) is 12.8 Å². The van der Waals surface area contributed by atoms with Crippen molar-refractivity contribution in [3.63, 3.8) is 0 Å². The molecule has 2 N–H and O–H groups in total. The monoisotopic (exact) mass is 269 g/mol. The Morgan fingerprint density at radius 2 is 2.11 bits per heavy atom. The van der Waals surface area contributed by atoms with E-state index in [0.29, 0.717) is 17.0 Å². The first-order valence-electron chi connectivity index (χ1n) is 6.08.